The van der Waals surface area contributed by atoms with E-state index in [1.165, 1.54) is 19.2 Å². The van der Waals surface area contributed by atoms with Crippen LogP contribution in [0.5, 0.6) is 0 Å². The molecule has 0 aliphatic rings. The highest BCUT2D eigenvalue weighted by atomic mass is 19.1. The number of benzene rings is 2. The van der Waals surface area contributed by atoms with Crippen LogP contribution < -0.4 is 11.1 Å². The number of halogens is 1. The molecule has 0 unspecified atom stereocenters. The van der Waals surface area contributed by atoms with E-state index in [2.05, 4.69) is 15.4 Å². The van der Waals surface area contributed by atoms with E-state index in [1.807, 2.05) is 30.3 Å². The van der Waals surface area contributed by atoms with Crippen molar-refractivity contribution in [3.8, 4) is 0 Å². The summed E-state index contributed by atoms with van der Waals surface area (Å²) in [6.07, 6.45) is 3.07. The summed E-state index contributed by atoms with van der Waals surface area (Å²) in [5.41, 5.74) is 7.59. The number of hydrogen-bond donors (Lipinski definition) is 2. The van der Waals surface area contributed by atoms with E-state index in [0.717, 1.165) is 11.6 Å². The lowest BCUT2D eigenvalue weighted by Gasteiger charge is -2.11. The minimum Gasteiger partial charge on any atom is -0.366 e. The molecule has 30 heavy (non-hydrogen) atoms. The average molecular weight is 403 g/mol. The number of nitrogens with zero attached hydrogens (tertiary/aromatic N) is 3. The molecule has 0 radical (unpaired) electrons. The van der Waals surface area contributed by atoms with E-state index in [4.69, 9.17) is 5.73 Å². The third-order valence-electron chi connectivity index (χ3n) is 4.79. The van der Waals surface area contributed by atoms with Crippen LogP contribution >= 0.6 is 0 Å². The van der Waals surface area contributed by atoms with Gasteiger partial charge in [0.1, 0.15) is 5.82 Å². The molecular weight excluding hydrogens is 385 g/mol. The number of carbonyl (C=O) groups excluding carboxylic acids is 2. The zero-order valence-electron chi connectivity index (χ0n) is 16.1. The van der Waals surface area contributed by atoms with Gasteiger partial charge in [0, 0.05) is 28.4 Å². The van der Waals surface area contributed by atoms with E-state index in [1.54, 1.807) is 16.9 Å². The molecule has 150 valence electrons. The van der Waals surface area contributed by atoms with Crippen molar-refractivity contribution in [2.75, 3.05) is 5.32 Å². The number of aromatic nitrogens is 3. The molecule has 0 spiro atoms. The Balaban J connectivity index is 1.60. The molecule has 0 bridgehead atoms. The number of rotatable bonds is 5. The van der Waals surface area contributed by atoms with Gasteiger partial charge >= 0.3 is 0 Å². The number of amides is 2. The Kier molecular flexibility index (Phi) is 4.97. The fraction of sp³-hybridized carbons (Fsp3) is 0.0909. The Morgan fingerprint density at radius 1 is 1.10 bits per heavy atom. The number of anilines is 1. The summed E-state index contributed by atoms with van der Waals surface area (Å²) in [4.78, 5) is 28.4. The van der Waals surface area contributed by atoms with Crippen molar-refractivity contribution in [3.05, 3.63) is 89.0 Å². The molecule has 0 aliphatic heterocycles. The molecule has 7 nitrogen and oxygen atoms in total. The molecule has 0 atom stereocenters. The van der Waals surface area contributed by atoms with Crippen LogP contribution in [0.4, 0.5) is 10.1 Å². The third-order valence-corrected chi connectivity index (χ3v) is 4.79. The smallest absolute Gasteiger partial charge is 0.257 e. The number of nitrogens with two attached hydrogens (primary N) is 1. The first-order chi connectivity index (χ1) is 14.4. The molecule has 0 saturated heterocycles. The van der Waals surface area contributed by atoms with Crippen LogP contribution in [0.2, 0.25) is 0 Å². The second-order valence-corrected chi connectivity index (χ2v) is 6.87. The van der Waals surface area contributed by atoms with Gasteiger partial charge < -0.3 is 11.1 Å². The molecule has 2 amide bonds. The Bertz CT molecular complexity index is 1270. The molecule has 0 saturated carbocycles. The standard InChI is InChI=1S/C22H18FN5O2/c1-13-18(23)8-15(20(24)29)9-19(13)27-22(30)17-7-16-11-26-28(21(16)25-10-17)12-14-5-3-2-4-6-14/h2-11H,12H2,1H3,(H2,24,29)(H,27,30). The summed E-state index contributed by atoms with van der Waals surface area (Å²) < 4.78 is 15.8. The molecule has 0 aliphatic carbocycles. The average Bonchev–Trinajstić information content (AvgIpc) is 3.13. The highest BCUT2D eigenvalue weighted by molar-refractivity contribution is 6.06. The Morgan fingerprint density at radius 2 is 1.87 bits per heavy atom. The van der Waals surface area contributed by atoms with Gasteiger partial charge in [0.05, 0.1) is 18.3 Å². The predicted molar refractivity (Wildman–Crippen MR) is 111 cm³/mol. The zero-order valence-corrected chi connectivity index (χ0v) is 16.1. The SMILES string of the molecule is Cc1c(F)cc(C(N)=O)cc1NC(=O)c1cnc2c(cnn2Cc2ccccc2)c1. The number of carbonyl (C=O) groups is 2. The largest absolute Gasteiger partial charge is 0.366 e. The first-order valence-electron chi connectivity index (χ1n) is 9.19. The molecule has 2 heterocycles. The highest BCUT2D eigenvalue weighted by Gasteiger charge is 2.15. The molecule has 0 fully saturated rings. The van der Waals surface area contributed by atoms with Crippen molar-refractivity contribution in [1.29, 1.82) is 0 Å². The number of fused-ring (bicyclic) bond motifs is 1. The van der Waals surface area contributed by atoms with Gasteiger partial charge in [-0.15, -0.1) is 0 Å². The van der Waals surface area contributed by atoms with Crippen molar-refractivity contribution >= 4 is 28.5 Å². The highest BCUT2D eigenvalue weighted by Crippen LogP contribution is 2.22. The van der Waals surface area contributed by atoms with Crippen LogP contribution in [0, 0.1) is 12.7 Å². The van der Waals surface area contributed by atoms with Crippen LogP contribution in [-0.2, 0) is 6.54 Å². The van der Waals surface area contributed by atoms with Gasteiger partial charge in [0.2, 0.25) is 5.91 Å². The topological polar surface area (TPSA) is 103 Å². The first-order valence-corrected chi connectivity index (χ1v) is 9.19. The summed E-state index contributed by atoms with van der Waals surface area (Å²) in [5, 5.41) is 7.67. The van der Waals surface area contributed by atoms with E-state index in [-0.39, 0.29) is 22.4 Å². The fourth-order valence-electron chi connectivity index (χ4n) is 3.11. The van der Waals surface area contributed by atoms with Gasteiger partial charge in [-0.1, -0.05) is 30.3 Å². The molecular formula is C22H18FN5O2. The first kappa shape index (κ1) is 19.3. The van der Waals surface area contributed by atoms with E-state index >= 15 is 0 Å². The maximum atomic E-state index is 14.1. The second-order valence-electron chi connectivity index (χ2n) is 6.87. The molecule has 8 heteroatoms. The van der Waals surface area contributed by atoms with Gasteiger partial charge in [-0.05, 0) is 30.7 Å². The minimum atomic E-state index is -0.779. The number of pyridine rings is 1. The van der Waals surface area contributed by atoms with Gasteiger partial charge in [-0.25, -0.2) is 14.1 Å². The van der Waals surface area contributed by atoms with Crippen LogP contribution in [0.25, 0.3) is 11.0 Å². The molecule has 2 aromatic carbocycles. The lowest BCUT2D eigenvalue weighted by molar-refractivity contribution is 0.0995. The lowest BCUT2D eigenvalue weighted by Crippen LogP contribution is -2.16. The lowest BCUT2D eigenvalue weighted by atomic mass is 10.1. The quantitative estimate of drug-likeness (QED) is 0.534. The fourth-order valence-corrected chi connectivity index (χ4v) is 3.11. The predicted octanol–water partition coefficient (Wildman–Crippen LogP) is 3.28. The molecule has 4 rings (SSSR count). The van der Waals surface area contributed by atoms with Crippen LogP contribution in [0.1, 0.15) is 31.8 Å². The monoisotopic (exact) mass is 403 g/mol. The van der Waals surface area contributed by atoms with Gasteiger partial charge in [-0.3, -0.25) is 9.59 Å². The van der Waals surface area contributed by atoms with Crippen molar-refractivity contribution in [1.82, 2.24) is 14.8 Å². The summed E-state index contributed by atoms with van der Waals surface area (Å²) in [6.45, 7) is 2.06. The van der Waals surface area contributed by atoms with Crippen LogP contribution in [-0.4, -0.2) is 26.6 Å². The van der Waals surface area contributed by atoms with Crippen molar-refractivity contribution in [2.45, 2.75) is 13.5 Å². The third kappa shape index (κ3) is 3.75. The van der Waals surface area contributed by atoms with Crippen molar-refractivity contribution in [2.24, 2.45) is 5.73 Å². The maximum Gasteiger partial charge on any atom is 0.257 e. The Hall–Kier alpha value is -4.07. The van der Waals surface area contributed by atoms with E-state index < -0.39 is 17.6 Å². The zero-order chi connectivity index (χ0) is 21.3. The van der Waals surface area contributed by atoms with Crippen molar-refractivity contribution in [3.63, 3.8) is 0 Å². The number of nitrogens with one attached hydrogen (secondary N) is 1. The van der Waals surface area contributed by atoms with Gasteiger partial charge in [0.25, 0.3) is 5.91 Å². The molecule has 4 aromatic rings. The molecule has 3 N–H and O–H groups in total. The number of hydrogen-bond acceptors (Lipinski definition) is 4. The Morgan fingerprint density at radius 3 is 2.60 bits per heavy atom. The van der Waals surface area contributed by atoms with E-state index in [0.29, 0.717) is 17.6 Å². The normalized spacial score (nSPS) is 10.9. The second kappa shape index (κ2) is 7.75. The summed E-state index contributed by atoms with van der Waals surface area (Å²) in [7, 11) is 0. The summed E-state index contributed by atoms with van der Waals surface area (Å²) in [5.74, 6) is -1.89. The van der Waals surface area contributed by atoms with E-state index in [9.17, 15) is 14.0 Å². The van der Waals surface area contributed by atoms with Crippen molar-refractivity contribution < 1.29 is 14.0 Å². The Labute approximate surface area is 171 Å². The number of primary amides is 1. The minimum absolute atomic E-state index is 0.0239. The van der Waals surface area contributed by atoms with Crippen LogP contribution in [0.15, 0.2) is 60.9 Å². The summed E-state index contributed by atoms with van der Waals surface area (Å²) >= 11 is 0. The van der Waals surface area contributed by atoms with Crippen LogP contribution in [0.3, 0.4) is 0 Å². The van der Waals surface area contributed by atoms with Gasteiger partial charge in [-0.2, -0.15) is 5.10 Å². The maximum absolute atomic E-state index is 14.1. The van der Waals surface area contributed by atoms with Gasteiger partial charge in [0.15, 0.2) is 5.65 Å². The summed E-state index contributed by atoms with van der Waals surface area (Å²) in [6, 6.07) is 13.9. The molecule has 2 aromatic heterocycles.